The lowest BCUT2D eigenvalue weighted by Crippen LogP contribution is -2.13. The van der Waals surface area contributed by atoms with Crippen LogP contribution in [-0.4, -0.2) is 12.2 Å². The molecule has 0 bridgehead atoms. The Labute approximate surface area is 91.2 Å². The summed E-state index contributed by atoms with van der Waals surface area (Å²) >= 11 is 0. The molecule has 0 radical (unpaired) electrons. The van der Waals surface area contributed by atoms with Crippen molar-refractivity contribution < 1.29 is 9.47 Å². The third-order valence-corrected chi connectivity index (χ3v) is 3.24. The maximum Gasteiger partial charge on any atom is 0.184 e. The van der Waals surface area contributed by atoms with Crippen LogP contribution in [-0.2, 0) is 9.47 Å². The molecule has 1 heterocycles. The van der Waals surface area contributed by atoms with Crippen molar-refractivity contribution in [2.75, 3.05) is 0 Å². The van der Waals surface area contributed by atoms with Gasteiger partial charge in [0.05, 0.1) is 12.2 Å². The van der Waals surface area contributed by atoms with Crippen LogP contribution < -0.4 is 0 Å². The fraction of sp³-hybridized carbons (Fsp3) is 0.538. The molecule has 1 fully saturated rings. The van der Waals surface area contributed by atoms with Gasteiger partial charge in [-0.3, -0.25) is 0 Å². The molecule has 1 aromatic rings. The maximum atomic E-state index is 5.77. The number of aryl methyl sites for hydroxylation is 1. The van der Waals surface area contributed by atoms with Gasteiger partial charge in [-0.2, -0.15) is 0 Å². The fourth-order valence-electron chi connectivity index (χ4n) is 1.82. The van der Waals surface area contributed by atoms with E-state index in [2.05, 4.69) is 45.9 Å². The highest BCUT2D eigenvalue weighted by Crippen LogP contribution is 2.33. The van der Waals surface area contributed by atoms with Crippen LogP contribution in [0, 0.1) is 13.8 Å². The summed E-state index contributed by atoms with van der Waals surface area (Å²) in [5.41, 5.74) is 3.71. The van der Waals surface area contributed by atoms with Gasteiger partial charge in [0.15, 0.2) is 6.29 Å². The SMILES string of the molecule is Cc1cccc(C2O[C@H](C)[C@@H](C)O2)c1C. The van der Waals surface area contributed by atoms with E-state index in [9.17, 15) is 0 Å². The Morgan fingerprint density at radius 3 is 2.20 bits per heavy atom. The summed E-state index contributed by atoms with van der Waals surface area (Å²) < 4.78 is 11.5. The minimum absolute atomic E-state index is 0.176. The van der Waals surface area contributed by atoms with Crippen molar-refractivity contribution in [2.45, 2.75) is 46.2 Å². The zero-order chi connectivity index (χ0) is 11.0. The fourth-order valence-corrected chi connectivity index (χ4v) is 1.82. The van der Waals surface area contributed by atoms with Crippen LogP contribution in [0.25, 0.3) is 0 Å². The first-order valence-electron chi connectivity index (χ1n) is 5.46. The predicted molar refractivity (Wildman–Crippen MR) is 59.8 cm³/mol. The Bertz CT molecular complexity index is 350. The highest BCUT2D eigenvalue weighted by molar-refractivity contribution is 5.34. The van der Waals surface area contributed by atoms with E-state index < -0.39 is 0 Å². The van der Waals surface area contributed by atoms with Crippen LogP contribution in [0.2, 0.25) is 0 Å². The second-order valence-electron chi connectivity index (χ2n) is 4.30. The topological polar surface area (TPSA) is 18.5 Å². The average Bonchev–Trinajstić information content (AvgIpc) is 2.51. The van der Waals surface area contributed by atoms with E-state index in [1.54, 1.807) is 0 Å². The third-order valence-electron chi connectivity index (χ3n) is 3.24. The summed E-state index contributed by atoms with van der Waals surface area (Å²) in [5, 5.41) is 0. The van der Waals surface area contributed by atoms with Crippen molar-refractivity contribution in [3.8, 4) is 0 Å². The summed E-state index contributed by atoms with van der Waals surface area (Å²) in [4.78, 5) is 0. The average molecular weight is 206 g/mol. The first kappa shape index (κ1) is 10.7. The van der Waals surface area contributed by atoms with Crippen LogP contribution in [0.1, 0.15) is 36.8 Å². The van der Waals surface area contributed by atoms with E-state index in [0.29, 0.717) is 0 Å². The Balaban J connectivity index is 2.27. The predicted octanol–water partition coefficient (Wildman–Crippen LogP) is 3.13. The lowest BCUT2D eigenvalue weighted by atomic mass is 10.0. The monoisotopic (exact) mass is 206 g/mol. The Kier molecular flexibility index (Phi) is 2.81. The molecule has 1 aliphatic heterocycles. The van der Waals surface area contributed by atoms with Crippen LogP contribution in [0.5, 0.6) is 0 Å². The summed E-state index contributed by atoms with van der Waals surface area (Å²) in [6.07, 6.45) is 0.166. The minimum atomic E-state index is -0.185. The molecule has 0 spiro atoms. The first-order valence-corrected chi connectivity index (χ1v) is 5.46. The molecule has 0 aromatic heterocycles. The van der Waals surface area contributed by atoms with Gasteiger partial charge in [0, 0.05) is 5.56 Å². The van der Waals surface area contributed by atoms with E-state index in [4.69, 9.17) is 9.47 Å². The number of rotatable bonds is 1. The van der Waals surface area contributed by atoms with Crippen LogP contribution in [0.3, 0.4) is 0 Å². The van der Waals surface area contributed by atoms with Gasteiger partial charge in [-0.25, -0.2) is 0 Å². The van der Waals surface area contributed by atoms with Crippen molar-refractivity contribution in [1.82, 2.24) is 0 Å². The standard InChI is InChI=1S/C13H18O2/c1-8-6-5-7-12(9(8)2)13-14-10(3)11(4)15-13/h5-7,10-11,13H,1-4H3/t10-,11-/m1/s1. The number of hydrogen-bond acceptors (Lipinski definition) is 2. The molecular weight excluding hydrogens is 188 g/mol. The molecule has 2 nitrogen and oxygen atoms in total. The van der Waals surface area contributed by atoms with Crippen molar-refractivity contribution in [2.24, 2.45) is 0 Å². The van der Waals surface area contributed by atoms with Gasteiger partial charge < -0.3 is 9.47 Å². The van der Waals surface area contributed by atoms with E-state index in [1.807, 2.05) is 0 Å². The van der Waals surface area contributed by atoms with Gasteiger partial charge in [0.25, 0.3) is 0 Å². The molecule has 2 atom stereocenters. The maximum absolute atomic E-state index is 5.77. The molecule has 82 valence electrons. The van der Waals surface area contributed by atoms with Crippen LogP contribution in [0.15, 0.2) is 18.2 Å². The second kappa shape index (κ2) is 3.95. The molecule has 1 aromatic carbocycles. The lowest BCUT2D eigenvalue weighted by molar-refractivity contribution is -0.0657. The van der Waals surface area contributed by atoms with Crippen LogP contribution in [0.4, 0.5) is 0 Å². The molecule has 15 heavy (non-hydrogen) atoms. The van der Waals surface area contributed by atoms with Gasteiger partial charge in [0.1, 0.15) is 0 Å². The Morgan fingerprint density at radius 1 is 1.00 bits per heavy atom. The number of ether oxygens (including phenoxy) is 2. The Hall–Kier alpha value is -0.860. The van der Waals surface area contributed by atoms with Gasteiger partial charge in [-0.15, -0.1) is 0 Å². The molecule has 0 N–H and O–H groups in total. The summed E-state index contributed by atoms with van der Waals surface area (Å²) in [7, 11) is 0. The van der Waals surface area contributed by atoms with E-state index in [1.165, 1.54) is 11.1 Å². The summed E-state index contributed by atoms with van der Waals surface area (Å²) in [6, 6.07) is 6.25. The third kappa shape index (κ3) is 1.92. The van der Waals surface area contributed by atoms with Gasteiger partial charge in [-0.1, -0.05) is 18.2 Å². The largest absolute Gasteiger partial charge is 0.343 e. The van der Waals surface area contributed by atoms with Crippen molar-refractivity contribution in [3.63, 3.8) is 0 Å². The lowest BCUT2D eigenvalue weighted by Gasteiger charge is -2.14. The number of hydrogen-bond donors (Lipinski definition) is 0. The van der Waals surface area contributed by atoms with Gasteiger partial charge in [0.2, 0.25) is 0 Å². The molecule has 0 unspecified atom stereocenters. The van der Waals surface area contributed by atoms with Crippen molar-refractivity contribution in [1.29, 1.82) is 0 Å². The Morgan fingerprint density at radius 2 is 1.60 bits per heavy atom. The number of benzene rings is 1. The highest BCUT2D eigenvalue weighted by Gasteiger charge is 2.31. The summed E-state index contributed by atoms with van der Waals surface area (Å²) in [5.74, 6) is 0. The summed E-state index contributed by atoms with van der Waals surface area (Å²) in [6.45, 7) is 8.33. The molecule has 2 rings (SSSR count). The van der Waals surface area contributed by atoms with E-state index in [0.717, 1.165) is 5.56 Å². The second-order valence-corrected chi connectivity index (χ2v) is 4.30. The van der Waals surface area contributed by atoms with Gasteiger partial charge in [-0.05, 0) is 38.8 Å². The van der Waals surface area contributed by atoms with E-state index in [-0.39, 0.29) is 18.5 Å². The zero-order valence-corrected chi connectivity index (χ0v) is 9.78. The van der Waals surface area contributed by atoms with E-state index >= 15 is 0 Å². The molecule has 1 saturated heterocycles. The molecule has 0 saturated carbocycles. The molecule has 2 heteroatoms. The van der Waals surface area contributed by atoms with Gasteiger partial charge >= 0.3 is 0 Å². The highest BCUT2D eigenvalue weighted by atomic mass is 16.7. The quantitative estimate of drug-likeness (QED) is 0.702. The molecular formula is C13H18O2. The normalized spacial score (nSPS) is 27.2. The van der Waals surface area contributed by atoms with Crippen LogP contribution >= 0.6 is 0 Å². The van der Waals surface area contributed by atoms with Crippen molar-refractivity contribution in [3.05, 3.63) is 34.9 Å². The molecule has 0 aliphatic carbocycles. The molecule has 1 aliphatic rings. The minimum Gasteiger partial charge on any atom is -0.343 e. The first-order chi connectivity index (χ1) is 7.09. The smallest absolute Gasteiger partial charge is 0.184 e. The molecule has 0 amide bonds. The van der Waals surface area contributed by atoms with Crippen molar-refractivity contribution >= 4 is 0 Å². The zero-order valence-electron chi connectivity index (χ0n) is 9.78.